The van der Waals surface area contributed by atoms with Gasteiger partial charge in [-0.3, -0.25) is 0 Å². The van der Waals surface area contributed by atoms with Gasteiger partial charge in [0.1, 0.15) is 5.52 Å². The molecule has 0 saturated heterocycles. The number of thioether (sulfide) groups is 1. The first-order valence-electron chi connectivity index (χ1n) is 4.13. The smallest absolute Gasteiger partial charge is 0.270 e. The molecular weight excluding hydrogens is 198 g/mol. The van der Waals surface area contributed by atoms with Gasteiger partial charge in [0, 0.05) is 11.2 Å². The molecule has 2 rings (SSSR count). The number of hydrogen-bond acceptors (Lipinski definition) is 4. The van der Waals surface area contributed by atoms with Crippen molar-refractivity contribution in [2.75, 3.05) is 6.26 Å². The molecule has 0 fully saturated rings. The van der Waals surface area contributed by atoms with Crippen LogP contribution in [0.2, 0.25) is 0 Å². The van der Waals surface area contributed by atoms with E-state index in [0.717, 1.165) is 5.56 Å². The maximum absolute atomic E-state index is 11.5. The van der Waals surface area contributed by atoms with Crippen molar-refractivity contribution in [3.05, 3.63) is 29.0 Å². The monoisotopic (exact) mass is 207 g/mol. The van der Waals surface area contributed by atoms with E-state index in [1.54, 1.807) is 6.07 Å². The van der Waals surface area contributed by atoms with Crippen LogP contribution in [-0.2, 0) is 0 Å². The van der Waals surface area contributed by atoms with Crippen molar-refractivity contribution in [2.24, 2.45) is 0 Å². The van der Waals surface area contributed by atoms with E-state index in [9.17, 15) is 5.21 Å². The van der Waals surface area contributed by atoms with Crippen LogP contribution >= 0.6 is 11.8 Å². The summed E-state index contributed by atoms with van der Waals surface area (Å²) < 4.78 is 0. The van der Waals surface area contributed by atoms with Gasteiger partial charge in [0.15, 0.2) is 0 Å². The van der Waals surface area contributed by atoms with E-state index < -0.39 is 0 Å². The first-order chi connectivity index (χ1) is 6.70. The van der Waals surface area contributed by atoms with Crippen LogP contribution in [0.15, 0.2) is 23.4 Å². The summed E-state index contributed by atoms with van der Waals surface area (Å²) in [7, 11) is 0. The minimum absolute atomic E-state index is 0.497. The molecule has 4 nitrogen and oxygen atoms in total. The summed E-state index contributed by atoms with van der Waals surface area (Å²) in [6.45, 7) is 1.93. The summed E-state index contributed by atoms with van der Waals surface area (Å²) in [5.41, 5.74) is 2.23. The Bertz CT molecular complexity index is 487. The van der Waals surface area contributed by atoms with Crippen molar-refractivity contribution in [3.63, 3.8) is 0 Å². The molecule has 1 heterocycles. The fourth-order valence-corrected chi connectivity index (χ4v) is 1.57. The van der Waals surface area contributed by atoms with Crippen LogP contribution in [-0.4, -0.2) is 16.3 Å². The average Bonchev–Trinajstić information content (AvgIpc) is 2.19. The molecule has 0 aliphatic heterocycles. The molecule has 1 aromatic heterocycles. The summed E-state index contributed by atoms with van der Waals surface area (Å²) in [4.78, 5) is 4.85. The summed E-state index contributed by atoms with van der Waals surface area (Å²) in [5, 5.41) is 15.7. The van der Waals surface area contributed by atoms with Gasteiger partial charge in [-0.1, -0.05) is 17.8 Å². The third kappa shape index (κ3) is 1.50. The maximum Gasteiger partial charge on any atom is 0.270 e. The maximum atomic E-state index is 11.5. The van der Waals surface area contributed by atoms with Gasteiger partial charge in [-0.05, 0) is 29.7 Å². The van der Waals surface area contributed by atoms with Crippen LogP contribution < -0.4 is 4.85 Å². The SMILES string of the molecule is CSc1nc2ccc(C)cc2[n+]([O-])n1. The molecular formula is C9H9N3OS. The Labute approximate surface area is 85.6 Å². The average molecular weight is 207 g/mol. The topological polar surface area (TPSA) is 52.7 Å². The largest absolute Gasteiger partial charge is 0.594 e. The number of benzene rings is 1. The lowest BCUT2D eigenvalue weighted by Crippen LogP contribution is -2.33. The van der Waals surface area contributed by atoms with Gasteiger partial charge in [-0.15, -0.1) is 0 Å². The number of rotatable bonds is 1. The molecule has 2 aromatic rings. The van der Waals surface area contributed by atoms with E-state index in [-0.39, 0.29) is 0 Å². The molecule has 72 valence electrons. The molecule has 0 aliphatic carbocycles. The lowest BCUT2D eigenvalue weighted by atomic mass is 10.2. The van der Waals surface area contributed by atoms with Crippen molar-refractivity contribution in [1.82, 2.24) is 10.1 Å². The minimum Gasteiger partial charge on any atom is -0.594 e. The van der Waals surface area contributed by atoms with E-state index in [0.29, 0.717) is 21.0 Å². The van der Waals surface area contributed by atoms with Crippen molar-refractivity contribution < 1.29 is 4.85 Å². The number of nitrogens with zero attached hydrogens (tertiary/aromatic N) is 3. The molecule has 0 unspecified atom stereocenters. The molecule has 0 atom stereocenters. The Balaban J connectivity index is 2.76. The minimum atomic E-state index is 0.497. The molecule has 0 amide bonds. The van der Waals surface area contributed by atoms with Crippen molar-refractivity contribution >= 4 is 22.8 Å². The Hall–Kier alpha value is -1.36. The van der Waals surface area contributed by atoms with Gasteiger partial charge in [-0.25, -0.2) is 4.98 Å². The van der Waals surface area contributed by atoms with Crippen molar-refractivity contribution in [1.29, 1.82) is 0 Å². The molecule has 0 N–H and O–H groups in total. The van der Waals surface area contributed by atoms with E-state index in [1.165, 1.54) is 11.8 Å². The zero-order chi connectivity index (χ0) is 10.1. The van der Waals surface area contributed by atoms with Gasteiger partial charge >= 0.3 is 0 Å². The van der Waals surface area contributed by atoms with E-state index in [1.807, 2.05) is 25.3 Å². The predicted molar refractivity (Wildman–Crippen MR) is 55.0 cm³/mol. The fourth-order valence-electron chi connectivity index (χ4n) is 1.22. The summed E-state index contributed by atoms with van der Waals surface area (Å²) in [5.74, 6) is 0. The Kier molecular flexibility index (Phi) is 2.25. The Morgan fingerprint density at radius 3 is 2.93 bits per heavy atom. The third-order valence-corrected chi connectivity index (χ3v) is 2.45. The van der Waals surface area contributed by atoms with Crippen LogP contribution in [0.1, 0.15) is 5.56 Å². The van der Waals surface area contributed by atoms with Crippen molar-refractivity contribution in [2.45, 2.75) is 12.1 Å². The van der Waals surface area contributed by atoms with Crippen molar-refractivity contribution in [3.8, 4) is 0 Å². The molecule has 5 heteroatoms. The number of aromatic nitrogens is 3. The van der Waals surface area contributed by atoms with E-state index in [2.05, 4.69) is 10.1 Å². The Morgan fingerprint density at radius 1 is 1.43 bits per heavy atom. The van der Waals surface area contributed by atoms with E-state index >= 15 is 0 Å². The highest BCUT2D eigenvalue weighted by Crippen LogP contribution is 2.12. The molecule has 0 aliphatic rings. The number of hydrogen-bond donors (Lipinski definition) is 0. The van der Waals surface area contributed by atoms with Gasteiger partial charge in [0.05, 0.1) is 0 Å². The molecule has 14 heavy (non-hydrogen) atoms. The highest BCUT2D eigenvalue weighted by atomic mass is 32.2. The first kappa shape index (κ1) is 9.21. The number of fused-ring (bicyclic) bond motifs is 1. The highest BCUT2D eigenvalue weighted by molar-refractivity contribution is 7.98. The van der Waals surface area contributed by atoms with Crippen LogP contribution in [0, 0.1) is 12.1 Å². The van der Waals surface area contributed by atoms with Gasteiger partial charge in [0.2, 0.25) is 0 Å². The van der Waals surface area contributed by atoms with Gasteiger partial charge in [0.25, 0.3) is 10.7 Å². The summed E-state index contributed by atoms with van der Waals surface area (Å²) >= 11 is 1.36. The van der Waals surface area contributed by atoms with Crippen LogP contribution in [0.25, 0.3) is 11.0 Å². The van der Waals surface area contributed by atoms with Gasteiger partial charge in [-0.2, -0.15) is 0 Å². The molecule has 1 aromatic carbocycles. The zero-order valence-corrected chi connectivity index (χ0v) is 8.71. The van der Waals surface area contributed by atoms with E-state index in [4.69, 9.17) is 0 Å². The molecule has 0 bridgehead atoms. The van der Waals surface area contributed by atoms with Crippen LogP contribution in [0.3, 0.4) is 0 Å². The first-order valence-corrected chi connectivity index (χ1v) is 5.35. The molecule has 0 radical (unpaired) electrons. The second kappa shape index (κ2) is 3.42. The summed E-state index contributed by atoms with van der Waals surface area (Å²) in [6.07, 6.45) is 1.84. The highest BCUT2D eigenvalue weighted by Gasteiger charge is 2.09. The van der Waals surface area contributed by atoms with Gasteiger partial charge < -0.3 is 5.21 Å². The molecule has 0 saturated carbocycles. The second-order valence-electron chi connectivity index (χ2n) is 2.96. The zero-order valence-electron chi connectivity index (χ0n) is 7.89. The van der Waals surface area contributed by atoms with Crippen LogP contribution in [0.4, 0.5) is 0 Å². The Morgan fingerprint density at radius 2 is 2.21 bits per heavy atom. The lowest BCUT2D eigenvalue weighted by Gasteiger charge is -2.00. The van der Waals surface area contributed by atoms with Crippen LogP contribution in [0.5, 0.6) is 0 Å². The number of aryl methyl sites for hydroxylation is 1. The predicted octanol–water partition coefficient (Wildman–Crippen LogP) is 1.29. The third-order valence-electron chi connectivity index (χ3n) is 1.91. The lowest BCUT2D eigenvalue weighted by molar-refractivity contribution is -0.647. The normalized spacial score (nSPS) is 10.7. The summed E-state index contributed by atoms with van der Waals surface area (Å²) in [6, 6.07) is 5.55. The molecule has 0 spiro atoms. The standard InChI is InChI=1S/C9H9N3OS/c1-6-3-4-7-8(5-6)12(13)11-9(10-7)14-2/h3-5H,1-2H3. The fraction of sp³-hybridized carbons (Fsp3) is 0.222. The quantitative estimate of drug-likeness (QED) is 0.402. The second-order valence-corrected chi connectivity index (χ2v) is 3.74.